The molecule has 0 aromatic carbocycles. The standard InChI is InChI=1S/C13H22B2O4/c1-16-7-9-5-8(13(15)18-9)3-4-10-11(17-2)6-12(14)19-10/h8-13H,3-7H2,1-2H3. The third-order valence-electron chi connectivity index (χ3n) is 4.09. The molecule has 2 fully saturated rings. The molecular formula is C13H22B2O4. The summed E-state index contributed by atoms with van der Waals surface area (Å²) in [6, 6.07) is -0.402. The van der Waals surface area contributed by atoms with Gasteiger partial charge < -0.3 is 18.9 Å². The Morgan fingerprint density at radius 2 is 1.89 bits per heavy atom. The second kappa shape index (κ2) is 7.11. The normalized spacial score (nSPS) is 42.8. The first kappa shape index (κ1) is 15.4. The number of ether oxygens (including phenoxy) is 4. The van der Waals surface area contributed by atoms with Gasteiger partial charge in [0, 0.05) is 26.2 Å². The third-order valence-corrected chi connectivity index (χ3v) is 4.09. The van der Waals surface area contributed by atoms with E-state index in [0.29, 0.717) is 12.5 Å². The van der Waals surface area contributed by atoms with Crippen molar-refractivity contribution in [1.82, 2.24) is 0 Å². The Balaban J connectivity index is 1.76. The fourth-order valence-corrected chi connectivity index (χ4v) is 3.06. The van der Waals surface area contributed by atoms with Gasteiger partial charge in [-0.1, -0.05) is 0 Å². The molecule has 0 aromatic rings. The lowest BCUT2D eigenvalue weighted by atomic mass is 9.82. The van der Waals surface area contributed by atoms with Crippen LogP contribution in [-0.4, -0.2) is 66.8 Å². The topological polar surface area (TPSA) is 36.9 Å². The average Bonchev–Trinajstić information content (AvgIpc) is 2.90. The molecule has 6 unspecified atom stereocenters. The van der Waals surface area contributed by atoms with E-state index in [0.717, 1.165) is 25.7 Å². The van der Waals surface area contributed by atoms with Crippen LogP contribution in [0.4, 0.5) is 0 Å². The van der Waals surface area contributed by atoms with Gasteiger partial charge in [0.1, 0.15) is 15.7 Å². The fraction of sp³-hybridized carbons (Fsp3) is 1.00. The molecule has 2 rings (SSSR count). The van der Waals surface area contributed by atoms with E-state index in [-0.39, 0.29) is 30.3 Å². The van der Waals surface area contributed by atoms with Gasteiger partial charge in [-0.05, 0) is 31.6 Å². The van der Waals surface area contributed by atoms with Gasteiger partial charge in [-0.15, -0.1) is 0 Å². The van der Waals surface area contributed by atoms with Gasteiger partial charge >= 0.3 is 0 Å². The molecule has 0 bridgehead atoms. The minimum atomic E-state index is -0.204. The molecular weight excluding hydrogens is 242 g/mol. The fourth-order valence-electron chi connectivity index (χ4n) is 3.06. The average molecular weight is 264 g/mol. The van der Waals surface area contributed by atoms with Gasteiger partial charge in [-0.3, -0.25) is 0 Å². The SMILES string of the molecule is [B]C1CC(OC)C(CCC2CC(COC)OC2[B])O1. The molecule has 0 N–H and O–H groups in total. The molecule has 19 heavy (non-hydrogen) atoms. The quantitative estimate of drug-likeness (QED) is 0.659. The number of hydrogen-bond donors (Lipinski definition) is 0. The highest BCUT2D eigenvalue weighted by atomic mass is 16.6. The van der Waals surface area contributed by atoms with E-state index >= 15 is 0 Å². The summed E-state index contributed by atoms with van der Waals surface area (Å²) in [6.45, 7) is 0.607. The van der Waals surface area contributed by atoms with Crippen LogP contribution in [-0.2, 0) is 18.9 Å². The largest absolute Gasteiger partial charge is 0.382 e. The molecule has 2 heterocycles. The van der Waals surface area contributed by atoms with Crippen molar-refractivity contribution < 1.29 is 18.9 Å². The van der Waals surface area contributed by atoms with Crippen LogP contribution in [0.15, 0.2) is 0 Å². The minimum Gasteiger partial charge on any atom is -0.382 e. The van der Waals surface area contributed by atoms with Crippen LogP contribution in [0, 0.1) is 5.92 Å². The minimum absolute atomic E-state index is 0.0775. The van der Waals surface area contributed by atoms with Crippen molar-refractivity contribution in [3.05, 3.63) is 0 Å². The van der Waals surface area contributed by atoms with E-state index in [4.69, 9.17) is 34.6 Å². The Hall–Kier alpha value is -0.0301. The van der Waals surface area contributed by atoms with Gasteiger partial charge in [0.15, 0.2) is 0 Å². The van der Waals surface area contributed by atoms with Crippen LogP contribution < -0.4 is 0 Å². The Labute approximate surface area is 118 Å². The van der Waals surface area contributed by atoms with Gasteiger partial charge in [0.05, 0.1) is 24.9 Å². The molecule has 2 saturated heterocycles. The van der Waals surface area contributed by atoms with Crippen molar-refractivity contribution >= 4 is 15.7 Å². The molecule has 6 heteroatoms. The molecule has 0 aliphatic carbocycles. The second-order valence-corrected chi connectivity index (χ2v) is 5.47. The summed E-state index contributed by atoms with van der Waals surface area (Å²) in [5, 5.41) is 0. The molecule has 0 saturated carbocycles. The Morgan fingerprint density at radius 1 is 1.11 bits per heavy atom. The smallest absolute Gasteiger partial charge is 0.109 e. The van der Waals surface area contributed by atoms with Gasteiger partial charge in [0.25, 0.3) is 0 Å². The highest BCUT2D eigenvalue weighted by molar-refractivity contribution is 6.11. The predicted octanol–water partition coefficient (Wildman–Crippen LogP) is 0.611. The summed E-state index contributed by atoms with van der Waals surface area (Å²) in [6.07, 6.45) is 3.89. The maximum absolute atomic E-state index is 6.00. The lowest BCUT2D eigenvalue weighted by molar-refractivity contribution is 0.000325. The van der Waals surface area contributed by atoms with E-state index in [9.17, 15) is 0 Å². The van der Waals surface area contributed by atoms with Crippen LogP contribution in [0.25, 0.3) is 0 Å². The van der Waals surface area contributed by atoms with Crippen LogP contribution in [0.3, 0.4) is 0 Å². The molecule has 2 aliphatic rings. The first-order chi connectivity index (χ1) is 9.13. The van der Waals surface area contributed by atoms with E-state index in [1.807, 2.05) is 0 Å². The van der Waals surface area contributed by atoms with Crippen LogP contribution in [0.2, 0.25) is 0 Å². The van der Waals surface area contributed by atoms with Crippen molar-refractivity contribution in [1.29, 1.82) is 0 Å². The van der Waals surface area contributed by atoms with Crippen molar-refractivity contribution in [2.24, 2.45) is 5.92 Å². The molecule has 0 amide bonds. The summed E-state index contributed by atoms with van der Waals surface area (Å²) in [5.41, 5.74) is 0. The molecule has 2 aliphatic heterocycles. The highest BCUT2D eigenvalue weighted by Gasteiger charge is 2.36. The molecule has 104 valence electrons. The highest BCUT2D eigenvalue weighted by Crippen LogP contribution is 2.32. The summed E-state index contributed by atoms with van der Waals surface area (Å²) >= 11 is 0. The molecule has 4 nitrogen and oxygen atoms in total. The zero-order chi connectivity index (χ0) is 13.8. The number of methoxy groups -OCH3 is 2. The van der Waals surface area contributed by atoms with Crippen LogP contribution >= 0.6 is 0 Å². The predicted molar refractivity (Wildman–Crippen MR) is 73.5 cm³/mol. The maximum Gasteiger partial charge on any atom is 0.109 e. The maximum atomic E-state index is 6.00. The number of rotatable bonds is 6. The summed E-state index contributed by atoms with van der Waals surface area (Å²) in [7, 11) is 15.2. The summed E-state index contributed by atoms with van der Waals surface area (Å²) < 4.78 is 21.9. The molecule has 4 radical (unpaired) electrons. The van der Waals surface area contributed by atoms with E-state index < -0.39 is 0 Å². The monoisotopic (exact) mass is 264 g/mol. The number of hydrogen-bond acceptors (Lipinski definition) is 4. The zero-order valence-corrected chi connectivity index (χ0v) is 11.8. The van der Waals surface area contributed by atoms with Crippen LogP contribution in [0.5, 0.6) is 0 Å². The van der Waals surface area contributed by atoms with Crippen molar-refractivity contribution in [3.63, 3.8) is 0 Å². The van der Waals surface area contributed by atoms with Crippen molar-refractivity contribution in [2.45, 2.75) is 56.0 Å². The van der Waals surface area contributed by atoms with E-state index in [1.54, 1.807) is 14.2 Å². The third kappa shape index (κ3) is 3.97. The first-order valence-electron chi connectivity index (χ1n) is 6.97. The Morgan fingerprint density at radius 3 is 2.58 bits per heavy atom. The lowest BCUT2D eigenvalue weighted by Crippen LogP contribution is -2.25. The lowest BCUT2D eigenvalue weighted by Gasteiger charge is -2.20. The van der Waals surface area contributed by atoms with E-state index in [1.165, 1.54) is 0 Å². The Bertz CT molecular complexity index is 279. The van der Waals surface area contributed by atoms with Gasteiger partial charge in [0.2, 0.25) is 0 Å². The summed E-state index contributed by atoms with van der Waals surface area (Å²) in [4.78, 5) is 0. The van der Waals surface area contributed by atoms with Crippen LogP contribution in [0.1, 0.15) is 25.7 Å². The van der Waals surface area contributed by atoms with E-state index in [2.05, 4.69) is 0 Å². The Kier molecular flexibility index (Phi) is 5.75. The van der Waals surface area contributed by atoms with Crippen molar-refractivity contribution in [2.75, 3.05) is 20.8 Å². The molecule has 6 atom stereocenters. The zero-order valence-electron chi connectivity index (χ0n) is 11.8. The van der Waals surface area contributed by atoms with Crippen molar-refractivity contribution in [3.8, 4) is 0 Å². The van der Waals surface area contributed by atoms with Gasteiger partial charge in [-0.2, -0.15) is 0 Å². The molecule has 0 aromatic heterocycles. The summed E-state index contributed by atoms with van der Waals surface area (Å²) in [5.74, 6) is 0.359. The molecule has 0 spiro atoms. The van der Waals surface area contributed by atoms with Gasteiger partial charge in [-0.25, -0.2) is 0 Å². The second-order valence-electron chi connectivity index (χ2n) is 5.47. The first-order valence-corrected chi connectivity index (χ1v) is 6.97.